The summed E-state index contributed by atoms with van der Waals surface area (Å²) in [6, 6.07) is 0. The van der Waals surface area contributed by atoms with E-state index in [1.807, 2.05) is 0 Å². The van der Waals surface area contributed by atoms with Gasteiger partial charge in [0.15, 0.2) is 5.69 Å². The second-order valence-electron chi connectivity index (χ2n) is 4.43. The van der Waals surface area contributed by atoms with E-state index in [1.54, 1.807) is 0 Å². The van der Waals surface area contributed by atoms with Gasteiger partial charge in [-0.05, 0) is 40.0 Å². The Bertz CT molecular complexity index is 364. The van der Waals surface area contributed by atoms with E-state index in [0.29, 0.717) is 6.54 Å². The first-order valence-electron chi connectivity index (χ1n) is 6.08. The molecule has 0 amide bonds. The molecule has 1 rings (SSSR count). The number of nitrogens with one attached hydrogen (secondary N) is 1. The number of carboxylic acid groups (broad SMARTS) is 1. The molecule has 7 nitrogen and oxygen atoms in total. The van der Waals surface area contributed by atoms with Crippen molar-refractivity contribution in [2.24, 2.45) is 0 Å². The number of nitrogens with zero attached hydrogens (tertiary/aromatic N) is 4. The summed E-state index contributed by atoms with van der Waals surface area (Å²) in [5.41, 5.74) is -0.0130. The fraction of sp³-hybridized carbons (Fsp3) is 0.727. The van der Waals surface area contributed by atoms with Gasteiger partial charge in [0.1, 0.15) is 0 Å². The van der Waals surface area contributed by atoms with Crippen molar-refractivity contribution in [3.05, 3.63) is 11.9 Å². The maximum atomic E-state index is 10.6. The Morgan fingerprint density at radius 3 is 2.83 bits per heavy atom. The van der Waals surface area contributed by atoms with E-state index in [-0.39, 0.29) is 5.69 Å². The molecule has 0 aromatic carbocycles. The van der Waals surface area contributed by atoms with Crippen LogP contribution in [0.25, 0.3) is 0 Å². The average Bonchev–Trinajstić information content (AvgIpc) is 2.76. The lowest BCUT2D eigenvalue weighted by molar-refractivity contribution is 0.0690. The van der Waals surface area contributed by atoms with Crippen LogP contribution in [0.5, 0.6) is 0 Å². The summed E-state index contributed by atoms with van der Waals surface area (Å²) in [4.78, 5) is 12.8. The summed E-state index contributed by atoms with van der Waals surface area (Å²) in [5.74, 6) is -1.04. The van der Waals surface area contributed by atoms with Gasteiger partial charge >= 0.3 is 5.97 Å². The molecule has 102 valence electrons. The largest absolute Gasteiger partial charge is 0.476 e. The van der Waals surface area contributed by atoms with Gasteiger partial charge in [-0.1, -0.05) is 5.21 Å². The van der Waals surface area contributed by atoms with Gasteiger partial charge < -0.3 is 15.3 Å². The number of aromatic carboxylic acids is 1. The summed E-state index contributed by atoms with van der Waals surface area (Å²) in [6.45, 7) is 3.47. The standard InChI is InChI=1S/C11H21N5O2/c1-15(2)7-4-3-5-12-6-8-16-9-10(11(17)18)13-14-16/h9,12H,3-8H2,1-2H3,(H,17,18). The second kappa shape index (κ2) is 7.78. The van der Waals surface area contributed by atoms with Crippen molar-refractivity contribution in [2.45, 2.75) is 19.4 Å². The Labute approximate surface area is 107 Å². The van der Waals surface area contributed by atoms with Crippen LogP contribution in [0.2, 0.25) is 0 Å². The van der Waals surface area contributed by atoms with Crippen LogP contribution in [-0.4, -0.2) is 64.7 Å². The van der Waals surface area contributed by atoms with Gasteiger partial charge in [-0.15, -0.1) is 5.10 Å². The molecular weight excluding hydrogens is 234 g/mol. The smallest absolute Gasteiger partial charge is 0.358 e. The SMILES string of the molecule is CN(C)CCCCNCCn1cc(C(=O)O)nn1. The zero-order valence-electron chi connectivity index (χ0n) is 11.0. The van der Waals surface area contributed by atoms with E-state index >= 15 is 0 Å². The molecule has 0 unspecified atom stereocenters. The van der Waals surface area contributed by atoms with Gasteiger partial charge in [0.05, 0.1) is 12.7 Å². The van der Waals surface area contributed by atoms with Crippen LogP contribution < -0.4 is 5.32 Å². The topological polar surface area (TPSA) is 83.3 Å². The van der Waals surface area contributed by atoms with Crippen molar-refractivity contribution in [1.82, 2.24) is 25.2 Å². The first-order chi connectivity index (χ1) is 8.59. The van der Waals surface area contributed by atoms with Crippen LogP contribution in [0.15, 0.2) is 6.20 Å². The Morgan fingerprint density at radius 2 is 2.22 bits per heavy atom. The van der Waals surface area contributed by atoms with Crippen molar-refractivity contribution in [3.8, 4) is 0 Å². The molecule has 1 aromatic heterocycles. The van der Waals surface area contributed by atoms with Crippen LogP contribution in [0.3, 0.4) is 0 Å². The third-order valence-electron chi connectivity index (χ3n) is 2.48. The fourth-order valence-corrected chi connectivity index (χ4v) is 1.50. The number of carboxylic acids is 1. The molecule has 0 saturated carbocycles. The van der Waals surface area contributed by atoms with E-state index in [0.717, 1.165) is 26.1 Å². The molecule has 0 saturated heterocycles. The second-order valence-corrected chi connectivity index (χ2v) is 4.43. The molecule has 2 N–H and O–H groups in total. The van der Waals surface area contributed by atoms with Crippen molar-refractivity contribution >= 4 is 5.97 Å². The first-order valence-corrected chi connectivity index (χ1v) is 6.08. The Balaban J connectivity index is 2.05. The number of carbonyl (C=O) groups is 1. The quantitative estimate of drug-likeness (QED) is 0.600. The molecule has 0 atom stereocenters. The van der Waals surface area contributed by atoms with Gasteiger partial charge in [0.25, 0.3) is 0 Å². The third kappa shape index (κ3) is 5.74. The van der Waals surface area contributed by atoms with Crippen molar-refractivity contribution in [1.29, 1.82) is 0 Å². The molecule has 0 aliphatic heterocycles. The van der Waals surface area contributed by atoms with E-state index in [1.165, 1.54) is 17.3 Å². The lowest BCUT2D eigenvalue weighted by Crippen LogP contribution is -2.22. The van der Waals surface area contributed by atoms with Crippen LogP contribution in [-0.2, 0) is 6.54 Å². The lowest BCUT2D eigenvalue weighted by Gasteiger charge is -2.09. The van der Waals surface area contributed by atoms with Crippen molar-refractivity contribution < 1.29 is 9.90 Å². The molecule has 1 aromatic rings. The number of hydrogen-bond donors (Lipinski definition) is 2. The number of aromatic nitrogens is 3. The molecule has 1 heterocycles. The predicted molar refractivity (Wildman–Crippen MR) is 67.6 cm³/mol. The fourth-order valence-electron chi connectivity index (χ4n) is 1.50. The third-order valence-corrected chi connectivity index (χ3v) is 2.48. The summed E-state index contributed by atoms with van der Waals surface area (Å²) < 4.78 is 1.54. The summed E-state index contributed by atoms with van der Waals surface area (Å²) >= 11 is 0. The van der Waals surface area contributed by atoms with Crippen LogP contribution in [0, 0.1) is 0 Å². The first kappa shape index (κ1) is 14.6. The molecule has 0 spiro atoms. The number of rotatable bonds is 9. The highest BCUT2D eigenvalue weighted by molar-refractivity contribution is 5.84. The van der Waals surface area contributed by atoms with Gasteiger partial charge in [-0.2, -0.15) is 0 Å². The van der Waals surface area contributed by atoms with Crippen LogP contribution in [0.4, 0.5) is 0 Å². The van der Waals surface area contributed by atoms with Gasteiger partial charge in [0, 0.05) is 6.54 Å². The molecule has 0 fully saturated rings. The Hall–Kier alpha value is -1.47. The van der Waals surface area contributed by atoms with Crippen molar-refractivity contribution in [2.75, 3.05) is 33.7 Å². The summed E-state index contributed by atoms with van der Waals surface area (Å²) in [6.07, 6.45) is 3.75. The highest BCUT2D eigenvalue weighted by atomic mass is 16.4. The highest BCUT2D eigenvalue weighted by Crippen LogP contribution is 1.92. The maximum Gasteiger partial charge on any atom is 0.358 e. The zero-order valence-corrected chi connectivity index (χ0v) is 11.0. The molecule has 7 heteroatoms. The molecule has 18 heavy (non-hydrogen) atoms. The van der Waals surface area contributed by atoms with E-state index in [2.05, 4.69) is 34.6 Å². The molecule has 0 radical (unpaired) electrons. The Morgan fingerprint density at radius 1 is 1.44 bits per heavy atom. The summed E-state index contributed by atoms with van der Waals surface area (Å²) in [7, 11) is 4.14. The minimum absolute atomic E-state index is 0.0130. The maximum absolute atomic E-state index is 10.6. The van der Waals surface area contributed by atoms with E-state index < -0.39 is 5.97 Å². The monoisotopic (exact) mass is 255 g/mol. The number of unbranched alkanes of at least 4 members (excludes halogenated alkanes) is 1. The van der Waals surface area contributed by atoms with E-state index in [9.17, 15) is 4.79 Å². The van der Waals surface area contributed by atoms with Gasteiger partial charge in [-0.25, -0.2) is 4.79 Å². The minimum Gasteiger partial charge on any atom is -0.476 e. The van der Waals surface area contributed by atoms with Crippen LogP contribution in [0.1, 0.15) is 23.3 Å². The normalized spacial score (nSPS) is 11.1. The Kier molecular flexibility index (Phi) is 6.31. The van der Waals surface area contributed by atoms with Gasteiger partial charge in [-0.3, -0.25) is 4.68 Å². The number of hydrogen-bond acceptors (Lipinski definition) is 5. The van der Waals surface area contributed by atoms with Gasteiger partial charge in [0.2, 0.25) is 0 Å². The zero-order chi connectivity index (χ0) is 13.4. The average molecular weight is 255 g/mol. The molecule has 0 aliphatic rings. The van der Waals surface area contributed by atoms with Crippen molar-refractivity contribution in [3.63, 3.8) is 0 Å². The summed E-state index contributed by atoms with van der Waals surface area (Å²) in [5, 5.41) is 19.2. The lowest BCUT2D eigenvalue weighted by atomic mass is 10.3. The minimum atomic E-state index is -1.04. The molecular formula is C11H21N5O2. The van der Waals surface area contributed by atoms with E-state index in [4.69, 9.17) is 5.11 Å². The van der Waals surface area contributed by atoms with Crippen LogP contribution >= 0.6 is 0 Å². The highest BCUT2D eigenvalue weighted by Gasteiger charge is 2.07. The predicted octanol–water partition coefficient (Wildman–Crippen LogP) is -0.0923. The molecule has 0 aliphatic carbocycles. The molecule has 0 bridgehead atoms.